The van der Waals surface area contributed by atoms with E-state index in [4.69, 9.17) is 4.74 Å². The van der Waals surface area contributed by atoms with Gasteiger partial charge in [0.1, 0.15) is 11.7 Å². The van der Waals surface area contributed by atoms with Crippen molar-refractivity contribution in [1.82, 2.24) is 10.6 Å². The summed E-state index contributed by atoms with van der Waals surface area (Å²) < 4.78 is 5.06. The Bertz CT molecular complexity index is 858. The molecular weight excluding hydrogens is 376 g/mol. The Labute approximate surface area is 168 Å². The third-order valence-electron chi connectivity index (χ3n) is 3.78. The van der Waals surface area contributed by atoms with Crippen molar-refractivity contribution in [3.63, 3.8) is 0 Å². The molecule has 0 fully saturated rings. The van der Waals surface area contributed by atoms with Gasteiger partial charge < -0.3 is 15.4 Å². The number of rotatable bonds is 8. The van der Waals surface area contributed by atoms with Crippen LogP contribution >= 0.6 is 11.3 Å². The molecule has 0 saturated heterocycles. The highest BCUT2D eigenvalue weighted by Gasteiger charge is 2.23. The second-order valence-electron chi connectivity index (χ2n) is 6.16. The van der Waals surface area contributed by atoms with E-state index in [0.717, 1.165) is 15.3 Å². The van der Waals surface area contributed by atoms with E-state index in [-0.39, 0.29) is 18.2 Å². The fraction of sp³-hybridized carbons (Fsp3) is 0.286. The van der Waals surface area contributed by atoms with E-state index in [2.05, 4.69) is 10.6 Å². The summed E-state index contributed by atoms with van der Waals surface area (Å²) in [5.41, 5.74) is 0.934. The predicted molar refractivity (Wildman–Crippen MR) is 110 cm³/mol. The Morgan fingerprint density at radius 2 is 1.86 bits per heavy atom. The van der Waals surface area contributed by atoms with Gasteiger partial charge in [0.05, 0.1) is 6.61 Å². The normalized spacial score (nSPS) is 12.2. The molecule has 0 saturated carbocycles. The molecule has 2 N–H and O–H groups in total. The standard InChI is InChI=1S/C21H24N2O4S/c1-4-27-21(26)19(13-17-11-10-14(2)28-17)23-20(25)18(22-15(3)24)12-16-8-6-5-7-9-16/h5-11,13,18H,4,12H2,1-3H3,(H,22,24)(H,23,25)/b19-13+/t18-/m0/s1. The number of hydrogen-bond donors (Lipinski definition) is 2. The number of aryl methyl sites for hydroxylation is 1. The van der Waals surface area contributed by atoms with Crippen molar-refractivity contribution in [1.29, 1.82) is 0 Å². The second-order valence-corrected chi connectivity index (χ2v) is 7.48. The minimum atomic E-state index is -0.817. The van der Waals surface area contributed by atoms with Crippen molar-refractivity contribution in [2.75, 3.05) is 6.61 Å². The van der Waals surface area contributed by atoms with Crippen LogP contribution in [0.5, 0.6) is 0 Å². The number of esters is 1. The summed E-state index contributed by atoms with van der Waals surface area (Å²) in [5.74, 6) is -1.43. The van der Waals surface area contributed by atoms with E-state index in [1.807, 2.05) is 49.4 Å². The molecule has 0 aliphatic heterocycles. The van der Waals surface area contributed by atoms with Crippen molar-refractivity contribution in [2.24, 2.45) is 0 Å². The van der Waals surface area contributed by atoms with Gasteiger partial charge in [0.15, 0.2) is 0 Å². The van der Waals surface area contributed by atoms with Crippen LogP contribution in [0.3, 0.4) is 0 Å². The lowest BCUT2D eigenvalue weighted by molar-refractivity contribution is -0.140. The molecule has 0 bridgehead atoms. The molecule has 2 rings (SSSR count). The lowest BCUT2D eigenvalue weighted by Crippen LogP contribution is -2.47. The zero-order valence-corrected chi connectivity index (χ0v) is 17.0. The average Bonchev–Trinajstić information content (AvgIpc) is 3.06. The summed E-state index contributed by atoms with van der Waals surface area (Å²) in [5, 5.41) is 5.27. The van der Waals surface area contributed by atoms with E-state index >= 15 is 0 Å². The third-order valence-corrected chi connectivity index (χ3v) is 4.73. The molecule has 0 aliphatic rings. The van der Waals surface area contributed by atoms with E-state index in [1.54, 1.807) is 13.0 Å². The van der Waals surface area contributed by atoms with Gasteiger partial charge in [-0.3, -0.25) is 9.59 Å². The van der Waals surface area contributed by atoms with Gasteiger partial charge in [-0.25, -0.2) is 4.79 Å². The van der Waals surface area contributed by atoms with Gasteiger partial charge >= 0.3 is 5.97 Å². The van der Waals surface area contributed by atoms with Crippen LogP contribution in [-0.2, 0) is 25.5 Å². The number of ether oxygens (including phenoxy) is 1. The summed E-state index contributed by atoms with van der Waals surface area (Å²) >= 11 is 1.50. The van der Waals surface area contributed by atoms with Crippen molar-refractivity contribution < 1.29 is 19.1 Å². The molecule has 0 spiro atoms. The molecule has 28 heavy (non-hydrogen) atoms. The van der Waals surface area contributed by atoms with E-state index in [9.17, 15) is 14.4 Å². The molecule has 6 nitrogen and oxygen atoms in total. The van der Waals surface area contributed by atoms with Gasteiger partial charge in [-0.2, -0.15) is 0 Å². The second kappa shape index (κ2) is 10.4. The van der Waals surface area contributed by atoms with Crippen LogP contribution in [0.4, 0.5) is 0 Å². The smallest absolute Gasteiger partial charge is 0.354 e. The first-order valence-electron chi connectivity index (χ1n) is 8.96. The first-order chi connectivity index (χ1) is 13.4. The van der Waals surface area contributed by atoms with Gasteiger partial charge in [0.25, 0.3) is 0 Å². The van der Waals surface area contributed by atoms with Crippen LogP contribution in [0.1, 0.15) is 29.2 Å². The third kappa shape index (κ3) is 6.66. The topological polar surface area (TPSA) is 84.5 Å². The van der Waals surface area contributed by atoms with Crippen LogP contribution in [-0.4, -0.2) is 30.4 Å². The largest absolute Gasteiger partial charge is 0.461 e. The maximum absolute atomic E-state index is 12.8. The summed E-state index contributed by atoms with van der Waals surface area (Å²) in [6.45, 7) is 5.19. The molecule has 1 aromatic heterocycles. The van der Waals surface area contributed by atoms with Crippen LogP contribution < -0.4 is 10.6 Å². The zero-order valence-electron chi connectivity index (χ0n) is 16.2. The average molecular weight is 401 g/mol. The zero-order chi connectivity index (χ0) is 20.5. The van der Waals surface area contributed by atoms with E-state index in [0.29, 0.717) is 6.42 Å². The molecule has 0 unspecified atom stereocenters. The minimum Gasteiger partial charge on any atom is -0.461 e. The van der Waals surface area contributed by atoms with Crippen molar-refractivity contribution >= 4 is 35.2 Å². The fourth-order valence-electron chi connectivity index (χ4n) is 2.55. The van der Waals surface area contributed by atoms with Gasteiger partial charge in [-0.1, -0.05) is 30.3 Å². The number of benzene rings is 1. The van der Waals surface area contributed by atoms with Crippen LogP contribution in [0.25, 0.3) is 6.08 Å². The number of carbonyl (C=O) groups excluding carboxylic acids is 3. The SMILES string of the molecule is CCOC(=O)/C(=C\c1ccc(C)s1)NC(=O)[C@H](Cc1ccccc1)NC(C)=O. The highest BCUT2D eigenvalue weighted by Crippen LogP contribution is 2.18. The Morgan fingerprint density at radius 3 is 2.43 bits per heavy atom. The molecular formula is C21H24N2O4S. The number of thiophene rings is 1. The Balaban J connectivity index is 2.23. The predicted octanol–water partition coefficient (Wildman–Crippen LogP) is 2.82. The van der Waals surface area contributed by atoms with E-state index in [1.165, 1.54) is 18.3 Å². The van der Waals surface area contributed by atoms with Crippen LogP contribution in [0.2, 0.25) is 0 Å². The maximum atomic E-state index is 12.8. The summed E-state index contributed by atoms with van der Waals surface area (Å²) in [4.78, 5) is 38.6. The molecule has 7 heteroatoms. The van der Waals surface area contributed by atoms with Crippen LogP contribution in [0.15, 0.2) is 48.2 Å². The van der Waals surface area contributed by atoms with Gasteiger partial charge in [-0.15, -0.1) is 11.3 Å². The van der Waals surface area contributed by atoms with Crippen LogP contribution in [0, 0.1) is 6.92 Å². The Kier molecular flexibility index (Phi) is 7.95. The maximum Gasteiger partial charge on any atom is 0.354 e. The minimum absolute atomic E-state index is 0.0390. The number of hydrogen-bond acceptors (Lipinski definition) is 5. The van der Waals surface area contributed by atoms with Crippen molar-refractivity contribution in [3.05, 3.63) is 63.5 Å². The Hall–Kier alpha value is -2.93. The molecule has 1 aromatic carbocycles. The van der Waals surface area contributed by atoms with Gasteiger partial charge in [-0.05, 0) is 37.6 Å². The summed E-state index contributed by atoms with van der Waals surface area (Å²) in [6, 6.07) is 12.3. The lowest BCUT2D eigenvalue weighted by atomic mass is 10.1. The number of amides is 2. The van der Waals surface area contributed by atoms with Crippen molar-refractivity contribution in [3.8, 4) is 0 Å². The highest BCUT2D eigenvalue weighted by molar-refractivity contribution is 7.12. The molecule has 0 radical (unpaired) electrons. The molecule has 0 aliphatic carbocycles. The van der Waals surface area contributed by atoms with Gasteiger partial charge in [0, 0.05) is 23.1 Å². The number of carbonyl (C=O) groups is 3. The van der Waals surface area contributed by atoms with Crippen molar-refractivity contribution in [2.45, 2.75) is 33.2 Å². The lowest BCUT2D eigenvalue weighted by Gasteiger charge is -2.18. The van der Waals surface area contributed by atoms with Gasteiger partial charge in [0.2, 0.25) is 11.8 Å². The Morgan fingerprint density at radius 1 is 1.14 bits per heavy atom. The molecule has 1 heterocycles. The monoisotopic (exact) mass is 400 g/mol. The molecule has 1 atom stereocenters. The van der Waals surface area contributed by atoms with E-state index < -0.39 is 17.9 Å². The molecule has 2 aromatic rings. The number of nitrogens with one attached hydrogen (secondary N) is 2. The first-order valence-corrected chi connectivity index (χ1v) is 9.77. The summed E-state index contributed by atoms with van der Waals surface area (Å²) in [6.07, 6.45) is 1.89. The fourth-order valence-corrected chi connectivity index (χ4v) is 3.37. The molecule has 2 amide bonds. The highest BCUT2D eigenvalue weighted by atomic mass is 32.1. The summed E-state index contributed by atoms with van der Waals surface area (Å²) in [7, 11) is 0. The molecule has 148 valence electrons. The first kappa shape index (κ1) is 21.4. The quantitative estimate of drug-likeness (QED) is 0.527.